The van der Waals surface area contributed by atoms with Crippen molar-refractivity contribution in [2.24, 2.45) is 0 Å². The van der Waals surface area contributed by atoms with E-state index in [0.29, 0.717) is 17.1 Å². The van der Waals surface area contributed by atoms with E-state index in [-0.39, 0.29) is 18.5 Å². The van der Waals surface area contributed by atoms with Gasteiger partial charge < -0.3 is 9.47 Å². The quantitative estimate of drug-likeness (QED) is 0.797. The fraction of sp³-hybridized carbons (Fsp3) is 0.250. The molecule has 0 saturated carbocycles. The number of fused-ring (bicyclic) bond motifs is 1. The summed E-state index contributed by atoms with van der Waals surface area (Å²) in [5, 5.41) is 0. The molecule has 0 fully saturated rings. The van der Waals surface area contributed by atoms with Crippen molar-refractivity contribution in [2.45, 2.75) is 19.8 Å². The van der Waals surface area contributed by atoms with Gasteiger partial charge in [0, 0.05) is 5.56 Å². The molecule has 19 heavy (non-hydrogen) atoms. The van der Waals surface area contributed by atoms with E-state index in [4.69, 9.17) is 9.47 Å². The van der Waals surface area contributed by atoms with Gasteiger partial charge in [-0.3, -0.25) is 0 Å². The van der Waals surface area contributed by atoms with Crippen LogP contribution in [0.4, 0.5) is 4.39 Å². The van der Waals surface area contributed by atoms with Crippen LogP contribution in [0.5, 0.6) is 11.5 Å². The maximum atomic E-state index is 14.2. The van der Waals surface area contributed by atoms with E-state index in [2.05, 4.69) is 13.8 Å². The second-order valence-electron chi connectivity index (χ2n) is 4.93. The molecule has 0 bridgehead atoms. The third-order valence-electron chi connectivity index (χ3n) is 3.33. The molecule has 0 atom stereocenters. The van der Waals surface area contributed by atoms with Crippen LogP contribution in [-0.4, -0.2) is 6.79 Å². The monoisotopic (exact) mass is 258 g/mol. The van der Waals surface area contributed by atoms with Gasteiger partial charge in [0.25, 0.3) is 0 Å². The second kappa shape index (κ2) is 4.57. The molecule has 0 radical (unpaired) electrons. The number of halogens is 1. The lowest BCUT2D eigenvalue weighted by Gasteiger charge is -2.14. The van der Waals surface area contributed by atoms with Crippen molar-refractivity contribution in [2.75, 3.05) is 6.79 Å². The molecule has 3 heteroatoms. The van der Waals surface area contributed by atoms with Crippen molar-refractivity contribution >= 4 is 0 Å². The minimum Gasteiger partial charge on any atom is -0.454 e. The Bertz CT molecular complexity index is 620. The van der Waals surface area contributed by atoms with Crippen molar-refractivity contribution in [3.63, 3.8) is 0 Å². The lowest BCUT2D eigenvalue weighted by Crippen LogP contribution is -1.95. The molecular weight excluding hydrogens is 243 g/mol. The number of hydrogen-bond acceptors (Lipinski definition) is 2. The highest BCUT2D eigenvalue weighted by Crippen LogP contribution is 2.39. The van der Waals surface area contributed by atoms with Crippen molar-refractivity contribution < 1.29 is 13.9 Å². The molecule has 98 valence electrons. The van der Waals surface area contributed by atoms with E-state index in [1.807, 2.05) is 24.3 Å². The van der Waals surface area contributed by atoms with Crippen LogP contribution in [0, 0.1) is 5.82 Å². The summed E-state index contributed by atoms with van der Waals surface area (Å²) < 4.78 is 24.8. The predicted octanol–water partition coefficient (Wildman–Crippen LogP) is 4.34. The summed E-state index contributed by atoms with van der Waals surface area (Å²) in [4.78, 5) is 0. The van der Waals surface area contributed by atoms with E-state index < -0.39 is 0 Å². The van der Waals surface area contributed by atoms with Crippen LogP contribution >= 0.6 is 0 Å². The van der Waals surface area contributed by atoms with Gasteiger partial charge in [0.1, 0.15) is 5.82 Å². The first-order valence-electron chi connectivity index (χ1n) is 6.35. The van der Waals surface area contributed by atoms with E-state index in [0.717, 1.165) is 11.1 Å². The summed E-state index contributed by atoms with van der Waals surface area (Å²) >= 11 is 0. The Morgan fingerprint density at radius 3 is 2.63 bits per heavy atom. The zero-order chi connectivity index (χ0) is 13.4. The summed E-state index contributed by atoms with van der Waals surface area (Å²) in [5.74, 6) is 1.45. The van der Waals surface area contributed by atoms with Crippen molar-refractivity contribution in [3.8, 4) is 22.6 Å². The predicted molar refractivity (Wildman–Crippen MR) is 72.0 cm³/mol. The fourth-order valence-corrected chi connectivity index (χ4v) is 2.38. The minimum absolute atomic E-state index is 0.204. The van der Waals surface area contributed by atoms with E-state index >= 15 is 0 Å². The van der Waals surface area contributed by atoms with Gasteiger partial charge in [-0.05, 0) is 35.2 Å². The van der Waals surface area contributed by atoms with Gasteiger partial charge >= 0.3 is 0 Å². The van der Waals surface area contributed by atoms with Crippen LogP contribution in [0.1, 0.15) is 25.3 Å². The van der Waals surface area contributed by atoms with Crippen LogP contribution in [0.3, 0.4) is 0 Å². The van der Waals surface area contributed by atoms with Gasteiger partial charge in [-0.15, -0.1) is 0 Å². The Hall–Kier alpha value is -2.03. The molecule has 1 heterocycles. The average Bonchev–Trinajstić information content (AvgIpc) is 2.85. The smallest absolute Gasteiger partial charge is 0.231 e. The lowest BCUT2D eigenvalue weighted by atomic mass is 9.92. The maximum absolute atomic E-state index is 14.2. The number of hydrogen-bond donors (Lipinski definition) is 0. The SMILES string of the molecule is CC(C)c1cccc(F)c1-c1ccc2c(c1)OCO2. The third-order valence-corrected chi connectivity index (χ3v) is 3.33. The first-order valence-corrected chi connectivity index (χ1v) is 6.35. The molecule has 1 aliphatic heterocycles. The van der Waals surface area contributed by atoms with E-state index in [1.54, 1.807) is 6.07 Å². The summed E-state index contributed by atoms with van der Waals surface area (Å²) in [6.45, 7) is 4.35. The number of benzene rings is 2. The second-order valence-corrected chi connectivity index (χ2v) is 4.93. The van der Waals surface area contributed by atoms with Gasteiger partial charge in [0.05, 0.1) is 0 Å². The molecule has 0 aliphatic carbocycles. The van der Waals surface area contributed by atoms with Gasteiger partial charge in [-0.1, -0.05) is 32.0 Å². The van der Waals surface area contributed by atoms with Crippen molar-refractivity contribution in [1.82, 2.24) is 0 Å². The highest BCUT2D eigenvalue weighted by atomic mass is 19.1. The Morgan fingerprint density at radius 1 is 1.05 bits per heavy atom. The fourth-order valence-electron chi connectivity index (χ4n) is 2.38. The summed E-state index contributed by atoms with van der Waals surface area (Å²) in [6, 6.07) is 10.7. The molecule has 2 nitrogen and oxygen atoms in total. The molecular formula is C16H15FO2. The topological polar surface area (TPSA) is 18.5 Å². The Kier molecular flexibility index (Phi) is 2.90. The average molecular weight is 258 g/mol. The normalized spacial score (nSPS) is 13.1. The molecule has 0 N–H and O–H groups in total. The molecule has 1 aliphatic rings. The largest absolute Gasteiger partial charge is 0.454 e. The van der Waals surface area contributed by atoms with Gasteiger partial charge in [-0.2, -0.15) is 0 Å². The summed E-state index contributed by atoms with van der Waals surface area (Å²) in [6.07, 6.45) is 0. The third kappa shape index (κ3) is 2.05. The molecule has 0 spiro atoms. The highest BCUT2D eigenvalue weighted by molar-refractivity contribution is 5.71. The van der Waals surface area contributed by atoms with Crippen LogP contribution in [0.2, 0.25) is 0 Å². The van der Waals surface area contributed by atoms with E-state index in [1.165, 1.54) is 6.07 Å². The molecule has 0 saturated heterocycles. The maximum Gasteiger partial charge on any atom is 0.231 e. The molecule has 0 aromatic heterocycles. The summed E-state index contributed by atoms with van der Waals surface area (Å²) in [7, 11) is 0. The van der Waals surface area contributed by atoms with Crippen LogP contribution in [0.15, 0.2) is 36.4 Å². The van der Waals surface area contributed by atoms with Gasteiger partial charge in [0.2, 0.25) is 6.79 Å². The number of ether oxygens (including phenoxy) is 2. The first kappa shape index (κ1) is 12.0. The van der Waals surface area contributed by atoms with Crippen LogP contribution in [0.25, 0.3) is 11.1 Å². The zero-order valence-corrected chi connectivity index (χ0v) is 10.9. The Morgan fingerprint density at radius 2 is 1.84 bits per heavy atom. The van der Waals surface area contributed by atoms with Crippen LogP contribution in [-0.2, 0) is 0 Å². The van der Waals surface area contributed by atoms with Crippen molar-refractivity contribution in [1.29, 1.82) is 0 Å². The molecule has 0 amide bonds. The molecule has 2 aromatic carbocycles. The highest BCUT2D eigenvalue weighted by Gasteiger charge is 2.18. The zero-order valence-electron chi connectivity index (χ0n) is 10.9. The Labute approximate surface area is 111 Å². The summed E-state index contributed by atoms with van der Waals surface area (Å²) in [5.41, 5.74) is 2.47. The molecule has 2 aromatic rings. The van der Waals surface area contributed by atoms with Gasteiger partial charge in [0.15, 0.2) is 11.5 Å². The minimum atomic E-state index is -0.204. The van der Waals surface area contributed by atoms with Crippen LogP contribution < -0.4 is 9.47 Å². The lowest BCUT2D eigenvalue weighted by molar-refractivity contribution is 0.174. The van der Waals surface area contributed by atoms with Crippen molar-refractivity contribution in [3.05, 3.63) is 47.8 Å². The standard InChI is InChI=1S/C16H15FO2/c1-10(2)12-4-3-5-13(17)16(12)11-6-7-14-15(8-11)19-9-18-14/h3-8,10H,9H2,1-2H3. The van der Waals surface area contributed by atoms with Gasteiger partial charge in [-0.25, -0.2) is 4.39 Å². The van der Waals surface area contributed by atoms with E-state index in [9.17, 15) is 4.39 Å². The Balaban J connectivity index is 2.16. The molecule has 3 rings (SSSR count). The number of rotatable bonds is 2. The molecule has 0 unspecified atom stereocenters. The first-order chi connectivity index (χ1) is 9.16.